The SMILES string of the molecule is CCC(C)(C)c1nsc(Oc2cc(C)c(N=C(NC)C(C)C)cc2Cl)c1C#N. The molecule has 1 aromatic heterocycles. The lowest BCUT2D eigenvalue weighted by Crippen LogP contribution is -2.23. The molecular weight excluding hydrogens is 392 g/mol. The third kappa shape index (κ3) is 4.65. The fourth-order valence-corrected chi connectivity index (χ4v) is 3.69. The van der Waals surface area contributed by atoms with Crippen LogP contribution >= 0.6 is 23.1 Å². The van der Waals surface area contributed by atoms with Crippen LogP contribution in [0.5, 0.6) is 10.8 Å². The average Bonchev–Trinajstić information content (AvgIpc) is 3.06. The van der Waals surface area contributed by atoms with Crippen LogP contribution in [0.2, 0.25) is 5.02 Å². The molecule has 1 heterocycles. The van der Waals surface area contributed by atoms with Crippen LogP contribution in [0.4, 0.5) is 5.69 Å². The van der Waals surface area contributed by atoms with Gasteiger partial charge >= 0.3 is 0 Å². The van der Waals surface area contributed by atoms with Crippen LogP contribution in [0.15, 0.2) is 17.1 Å². The highest BCUT2D eigenvalue weighted by Gasteiger charge is 2.28. The minimum atomic E-state index is -0.193. The lowest BCUT2D eigenvalue weighted by molar-refractivity contribution is 0.479. The maximum Gasteiger partial charge on any atom is 0.218 e. The monoisotopic (exact) mass is 418 g/mol. The molecule has 0 aliphatic heterocycles. The topological polar surface area (TPSA) is 70.3 Å². The third-order valence-electron chi connectivity index (χ3n) is 4.79. The molecule has 0 aliphatic rings. The van der Waals surface area contributed by atoms with Gasteiger partial charge in [-0.3, -0.25) is 0 Å². The summed E-state index contributed by atoms with van der Waals surface area (Å²) in [5, 5.41) is 13.7. The Balaban J connectivity index is 2.42. The number of nitrogens with zero attached hydrogens (tertiary/aromatic N) is 3. The fraction of sp³-hybridized carbons (Fsp3) is 0.476. The number of aryl methyl sites for hydroxylation is 1. The Hall–Kier alpha value is -2.10. The Bertz CT molecular complexity index is 925. The Labute approximate surface area is 176 Å². The number of halogens is 1. The number of aromatic nitrogens is 1. The van der Waals surface area contributed by atoms with Gasteiger partial charge in [-0.05, 0) is 31.0 Å². The maximum absolute atomic E-state index is 9.65. The van der Waals surface area contributed by atoms with E-state index in [4.69, 9.17) is 16.3 Å². The van der Waals surface area contributed by atoms with E-state index in [1.165, 1.54) is 11.5 Å². The van der Waals surface area contributed by atoms with Gasteiger partial charge < -0.3 is 10.1 Å². The van der Waals surface area contributed by atoms with Crippen LogP contribution < -0.4 is 10.1 Å². The molecule has 0 bridgehead atoms. The lowest BCUT2D eigenvalue weighted by atomic mass is 9.84. The van der Waals surface area contributed by atoms with E-state index < -0.39 is 0 Å². The first kappa shape index (κ1) is 22.2. The largest absolute Gasteiger partial charge is 0.442 e. The molecule has 0 spiro atoms. The van der Waals surface area contributed by atoms with Gasteiger partial charge in [0.1, 0.15) is 23.2 Å². The van der Waals surface area contributed by atoms with E-state index in [1.807, 2.05) is 20.0 Å². The van der Waals surface area contributed by atoms with E-state index in [0.29, 0.717) is 21.4 Å². The van der Waals surface area contributed by atoms with Gasteiger partial charge in [-0.1, -0.05) is 46.2 Å². The van der Waals surface area contributed by atoms with E-state index in [2.05, 4.69) is 55.4 Å². The Morgan fingerprint density at radius 1 is 1.43 bits per heavy atom. The van der Waals surface area contributed by atoms with Crippen molar-refractivity contribution in [2.75, 3.05) is 7.05 Å². The van der Waals surface area contributed by atoms with E-state index in [0.717, 1.165) is 29.2 Å². The third-order valence-corrected chi connectivity index (χ3v) is 5.82. The number of nitrogens with one attached hydrogen (secondary N) is 1. The summed E-state index contributed by atoms with van der Waals surface area (Å²) in [5.41, 5.74) is 2.77. The van der Waals surface area contributed by atoms with Crippen molar-refractivity contribution in [3.05, 3.63) is 34.0 Å². The molecule has 5 nitrogen and oxygen atoms in total. The fourth-order valence-electron chi connectivity index (χ4n) is 2.62. The molecule has 0 aliphatic carbocycles. The second-order valence-corrected chi connectivity index (χ2v) is 8.76. The number of benzene rings is 1. The Morgan fingerprint density at radius 2 is 2.11 bits per heavy atom. The first-order chi connectivity index (χ1) is 13.1. The molecule has 2 rings (SSSR count). The number of ether oxygens (including phenoxy) is 1. The number of nitriles is 1. The van der Waals surface area contributed by atoms with Crippen molar-refractivity contribution in [1.29, 1.82) is 5.26 Å². The maximum atomic E-state index is 9.65. The number of amidine groups is 1. The first-order valence-electron chi connectivity index (χ1n) is 9.29. The van der Waals surface area contributed by atoms with Crippen molar-refractivity contribution in [2.24, 2.45) is 10.9 Å². The number of hydrogen-bond acceptors (Lipinski definition) is 5. The Morgan fingerprint density at radius 3 is 2.64 bits per heavy atom. The van der Waals surface area contributed by atoms with Crippen molar-refractivity contribution in [1.82, 2.24) is 9.69 Å². The van der Waals surface area contributed by atoms with E-state index in [1.54, 1.807) is 6.07 Å². The zero-order chi connectivity index (χ0) is 21.1. The normalized spacial score (nSPS) is 12.2. The summed E-state index contributed by atoms with van der Waals surface area (Å²) in [4.78, 5) is 4.67. The summed E-state index contributed by atoms with van der Waals surface area (Å²) in [7, 11) is 1.86. The lowest BCUT2D eigenvalue weighted by Gasteiger charge is -2.20. The molecule has 2 aromatic rings. The molecule has 150 valence electrons. The average molecular weight is 419 g/mol. The van der Waals surface area contributed by atoms with Gasteiger partial charge in [-0.25, -0.2) is 4.99 Å². The highest BCUT2D eigenvalue weighted by molar-refractivity contribution is 7.08. The van der Waals surface area contributed by atoms with Gasteiger partial charge in [0.15, 0.2) is 0 Å². The van der Waals surface area contributed by atoms with E-state index in [-0.39, 0.29) is 11.3 Å². The van der Waals surface area contributed by atoms with Crippen LogP contribution in [0.1, 0.15) is 57.9 Å². The van der Waals surface area contributed by atoms with Crippen molar-refractivity contribution >= 4 is 34.7 Å². The highest BCUT2D eigenvalue weighted by atomic mass is 35.5. The molecule has 0 unspecified atom stereocenters. The molecule has 0 atom stereocenters. The summed E-state index contributed by atoms with van der Waals surface area (Å²) < 4.78 is 10.5. The second-order valence-electron chi connectivity index (χ2n) is 7.62. The minimum absolute atomic E-state index is 0.193. The standard InChI is InChI=1S/C21H27ClN4OS/c1-8-21(5,6)18-14(11-23)20(28-26-18)27-17-9-13(4)16(10-15(17)22)25-19(24-7)12(2)3/h9-10,12H,8H2,1-7H3,(H,24,25). The number of rotatable bonds is 6. The molecular formula is C21H27ClN4OS. The van der Waals surface area contributed by atoms with Crippen LogP contribution in [0, 0.1) is 24.2 Å². The van der Waals surface area contributed by atoms with Crippen LogP contribution in [-0.4, -0.2) is 17.3 Å². The zero-order valence-corrected chi connectivity index (χ0v) is 19.0. The molecule has 0 fully saturated rings. The highest BCUT2D eigenvalue weighted by Crippen LogP contribution is 2.41. The zero-order valence-electron chi connectivity index (χ0n) is 17.5. The van der Waals surface area contributed by atoms with Crippen molar-refractivity contribution in [2.45, 2.75) is 53.4 Å². The molecule has 7 heteroatoms. The summed E-state index contributed by atoms with van der Waals surface area (Å²) in [6.45, 7) is 12.3. The molecule has 0 radical (unpaired) electrons. The van der Waals surface area contributed by atoms with E-state index >= 15 is 0 Å². The Kier molecular flexibility index (Phi) is 7.08. The second kappa shape index (κ2) is 8.93. The quantitative estimate of drug-likeness (QED) is 0.437. The molecule has 28 heavy (non-hydrogen) atoms. The summed E-state index contributed by atoms with van der Waals surface area (Å²) in [6, 6.07) is 5.88. The van der Waals surface area contributed by atoms with Gasteiger partial charge in [-0.2, -0.15) is 9.64 Å². The van der Waals surface area contributed by atoms with Gasteiger partial charge in [0.05, 0.1) is 16.4 Å². The summed E-state index contributed by atoms with van der Waals surface area (Å²) in [5.74, 6) is 1.65. The first-order valence-corrected chi connectivity index (χ1v) is 10.4. The predicted molar refractivity (Wildman–Crippen MR) is 117 cm³/mol. The summed E-state index contributed by atoms with van der Waals surface area (Å²) >= 11 is 7.65. The molecule has 1 N–H and O–H groups in total. The number of aliphatic imine (C=N–C) groups is 1. The van der Waals surface area contributed by atoms with Gasteiger partial charge in [0, 0.05) is 29.9 Å². The van der Waals surface area contributed by atoms with Gasteiger partial charge in [0.25, 0.3) is 0 Å². The number of hydrogen-bond donors (Lipinski definition) is 1. The van der Waals surface area contributed by atoms with Crippen molar-refractivity contribution in [3.8, 4) is 16.9 Å². The molecule has 1 aromatic carbocycles. The van der Waals surface area contributed by atoms with Crippen LogP contribution in [-0.2, 0) is 5.41 Å². The van der Waals surface area contributed by atoms with Crippen LogP contribution in [0.25, 0.3) is 0 Å². The smallest absolute Gasteiger partial charge is 0.218 e. The van der Waals surface area contributed by atoms with Crippen molar-refractivity contribution in [3.63, 3.8) is 0 Å². The van der Waals surface area contributed by atoms with Crippen LogP contribution in [0.3, 0.4) is 0 Å². The summed E-state index contributed by atoms with van der Waals surface area (Å²) in [6.07, 6.45) is 0.876. The minimum Gasteiger partial charge on any atom is -0.442 e. The predicted octanol–water partition coefficient (Wildman–Crippen LogP) is 6.36. The molecule has 0 saturated heterocycles. The van der Waals surface area contributed by atoms with Gasteiger partial charge in [-0.15, -0.1) is 0 Å². The molecule has 0 saturated carbocycles. The van der Waals surface area contributed by atoms with E-state index in [9.17, 15) is 5.26 Å². The van der Waals surface area contributed by atoms with Crippen molar-refractivity contribution < 1.29 is 4.74 Å². The van der Waals surface area contributed by atoms with Gasteiger partial charge in [0.2, 0.25) is 5.06 Å². The molecule has 0 amide bonds.